The standard InChI is InChI=1S/C13H20F4N2O2/c1-4-8-9(20)18-12(5-2,6-3)11(21)19(8)7-13(16,17)10(14)15/h8,10H,4-7H2,1-3H3,(H,18,20). The van der Waals surface area contributed by atoms with Gasteiger partial charge in [0.15, 0.2) is 0 Å². The second kappa shape index (κ2) is 6.19. The lowest BCUT2D eigenvalue weighted by molar-refractivity contribution is -0.174. The van der Waals surface area contributed by atoms with Crippen molar-refractivity contribution in [2.75, 3.05) is 6.54 Å². The van der Waals surface area contributed by atoms with Gasteiger partial charge < -0.3 is 10.2 Å². The van der Waals surface area contributed by atoms with E-state index in [9.17, 15) is 27.2 Å². The lowest BCUT2D eigenvalue weighted by Gasteiger charge is -2.46. The van der Waals surface area contributed by atoms with Gasteiger partial charge in [0.05, 0.1) is 6.54 Å². The fourth-order valence-electron chi connectivity index (χ4n) is 2.54. The SMILES string of the molecule is CCC1C(=O)NC(CC)(CC)C(=O)N1CC(F)(F)C(F)F. The molecular weight excluding hydrogens is 292 g/mol. The highest BCUT2D eigenvalue weighted by Crippen LogP contribution is 2.31. The maximum atomic E-state index is 13.3. The first-order chi connectivity index (χ1) is 9.65. The van der Waals surface area contributed by atoms with E-state index in [1.807, 2.05) is 0 Å². The third-order valence-electron chi connectivity index (χ3n) is 4.01. The number of rotatable bonds is 6. The average molecular weight is 312 g/mol. The Hall–Kier alpha value is -1.34. The van der Waals surface area contributed by atoms with Crippen LogP contribution in [0.3, 0.4) is 0 Å². The zero-order valence-electron chi connectivity index (χ0n) is 12.3. The molecular formula is C13H20F4N2O2. The summed E-state index contributed by atoms with van der Waals surface area (Å²) in [5, 5.41) is 2.56. The van der Waals surface area contributed by atoms with Gasteiger partial charge in [0.2, 0.25) is 11.8 Å². The van der Waals surface area contributed by atoms with Gasteiger partial charge in [0, 0.05) is 0 Å². The Morgan fingerprint density at radius 2 is 1.76 bits per heavy atom. The van der Waals surface area contributed by atoms with Gasteiger partial charge in [-0.3, -0.25) is 9.59 Å². The molecule has 8 heteroatoms. The van der Waals surface area contributed by atoms with Gasteiger partial charge in [-0.25, -0.2) is 8.78 Å². The summed E-state index contributed by atoms with van der Waals surface area (Å²) >= 11 is 0. The highest BCUT2D eigenvalue weighted by atomic mass is 19.3. The van der Waals surface area contributed by atoms with Crippen LogP contribution in [0.25, 0.3) is 0 Å². The molecule has 1 atom stereocenters. The van der Waals surface area contributed by atoms with Crippen LogP contribution in [0.1, 0.15) is 40.0 Å². The molecule has 2 amide bonds. The molecule has 1 aliphatic heterocycles. The average Bonchev–Trinajstić information content (AvgIpc) is 2.42. The molecule has 0 saturated carbocycles. The predicted octanol–water partition coefficient (Wildman–Crippen LogP) is 2.18. The van der Waals surface area contributed by atoms with E-state index in [-0.39, 0.29) is 19.3 Å². The Kier molecular flexibility index (Phi) is 5.22. The van der Waals surface area contributed by atoms with Gasteiger partial charge in [-0.15, -0.1) is 0 Å². The Bertz CT molecular complexity index is 411. The highest BCUT2D eigenvalue weighted by molar-refractivity contribution is 5.99. The summed E-state index contributed by atoms with van der Waals surface area (Å²) in [4.78, 5) is 25.1. The van der Waals surface area contributed by atoms with Crippen LogP contribution in [0.4, 0.5) is 17.6 Å². The molecule has 0 aromatic rings. The largest absolute Gasteiger partial charge is 0.340 e. The fraction of sp³-hybridized carbons (Fsp3) is 0.846. The topological polar surface area (TPSA) is 49.4 Å². The minimum absolute atomic E-state index is 0.0837. The van der Waals surface area contributed by atoms with Gasteiger partial charge in [-0.2, -0.15) is 8.78 Å². The summed E-state index contributed by atoms with van der Waals surface area (Å²) in [6.07, 6.45) is -3.38. The third-order valence-corrected chi connectivity index (χ3v) is 4.01. The molecule has 1 N–H and O–H groups in total. The van der Waals surface area contributed by atoms with Crippen LogP contribution in [0.2, 0.25) is 0 Å². The van der Waals surface area contributed by atoms with E-state index in [1.54, 1.807) is 13.8 Å². The number of carbonyl (C=O) groups excluding carboxylic acids is 2. The van der Waals surface area contributed by atoms with Crippen molar-refractivity contribution in [1.82, 2.24) is 10.2 Å². The molecule has 21 heavy (non-hydrogen) atoms. The number of carbonyl (C=O) groups is 2. The van der Waals surface area contributed by atoms with Crippen LogP contribution >= 0.6 is 0 Å². The number of halogens is 4. The number of amides is 2. The monoisotopic (exact) mass is 312 g/mol. The quantitative estimate of drug-likeness (QED) is 0.764. The fourth-order valence-corrected chi connectivity index (χ4v) is 2.54. The van der Waals surface area contributed by atoms with Crippen LogP contribution in [0, 0.1) is 0 Å². The Balaban J connectivity index is 3.16. The molecule has 0 bridgehead atoms. The number of alkyl halides is 4. The van der Waals surface area contributed by atoms with Crippen LogP contribution in [-0.2, 0) is 9.59 Å². The minimum atomic E-state index is -4.34. The molecule has 0 aliphatic carbocycles. The number of hydrogen-bond acceptors (Lipinski definition) is 2. The summed E-state index contributed by atoms with van der Waals surface area (Å²) in [6, 6.07) is -1.15. The van der Waals surface area contributed by atoms with Crippen molar-refractivity contribution in [3.63, 3.8) is 0 Å². The molecule has 0 aromatic heterocycles. The second-order valence-electron chi connectivity index (χ2n) is 5.20. The van der Waals surface area contributed by atoms with Crippen molar-refractivity contribution in [2.24, 2.45) is 0 Å². The van der Waals surface area contributed by atoms with Crippen LogP contribution in [0.5, 0.6) is 0 Å². The van der Waals surface area contributed by atoms with E-state index in [1.165, 1.54) is 6.92 Å². The number of nitrogens with zero attached hydrogens (tertiary/aromatic N) is 1. The molecule has 1 aliphatic rings. The molecule has 0 radical (unpaired) electrons. The van der Waals surface area contributed by atoms with Gasteiger partial charge in [-0.05, 0) is 19.3 Å². The molecule has 1 fully saturated rings. The van der Waals surface area contributed by atoms with E-state index in [4.69, 9.17) is 0 Å². The van der Waals surface area contributed by atoms with E-state index in [0.29, 0.717) is 4.90 Å². The van der Waals surface area contributed by atoms with Crippen molar-refractivity contribution < 1.29 is 27.2 Å². The maximum absolute atomic E-state index is 13.3. The second-order valence-corrected chi connectivity index (χ2v) is 5.20. The molecule has 1 unspecified atom stereocenters. The lowest BCUT2D eigenvalue weighted by Crippen LogP contribution is -2.71. The normalized spacial score (nSPS) is 22.7. The molecule has 122 valence electrons. The zero-order valence-corrected chi connectivity index (χ0v) is 12.3. The Morgan fingerprint density at radius 3 is 2.14 bits per heavy atom. The lowest BCUT2D eigenvalue weighted by atomic mass is 9.86. The van der Waals surface area contributed by atoms with Crippen LogP contribution in [-0.4, -0.2) is 47.2 Å². The summed E-state index contributed by atoms with van der Waals surface area (Å²) in [5.74, 6) is -5.64. The molecule has 1 saturated heterocycles. The van der Waals surface area contributed by atoms with Crippen molar-refractivity contribution in [2.45, 2.75) is 64.0 Å². The Labute approximate surface area is 120 Å². The number of nitrogens with one attached hydrogen (secondary N) is 1. The van der Waals surface area contributed by atoms with Crippen molar-refractivity contribution in [3.8, 4) is 0 Å². The molecule has 0 spiro atoms. The first kappa shape index (κ1) is 17.7. The van der Waals surface area contributed by atoms with Gasteiger partial charge in [0.25, 0.3) is 0 Å². The van der Waals surface area contributed by atoms with Crippen LogP contribution < -0.4 is 5.32 Å². The number of piperazine rings is 1. The summed E-state index contributed by atoms with van der Waals surface area (Å²) < 4.78 is 51.4. The summed E-state index contributed by atoms with van der Waals surface area (Å²) in [6.45, 7) is 3.36. The van der Waals surface area contributed by atoms with Crippen LogP contribution in [0.15, 0.2) is 0 Å². The summed E-state index contributed by atoms with van der Waals surface area (Å²) in [7, 11) is 0. The van der Waals surface area contributed by atoms with Crippen molar-refractivity contribution in [3.05, 3.63) is 0 Å². The van der Waals surface area contributed by atoms with Crippen molar-refractivity contribution in [1.29, 1.82) is 0 Å². The predicted molar refractivity (Wildman–Crippen MR) is 68.2 cm³/mol. The van der Waals surface area contributed by atoms with Gasteiger partial charge in [0.1, 0.15) is 11.6 Å². The Morgan fingerprint density at radius 1 is 1.24 bits per heavy atom. The molecule has 1 rings (SSSR count). The summed E-state index contributed by atoms with van der Waals surface area (Å²) in [5.41, 5.74) is -1.29. The van der Waals surface area contributed by atoms with E-state index < -0.39 is 42.3 Å². The third kappa shape index (κ3) is 3.13. The van der Waals surface area contributed by atoms with E-state index >= 15 is 0 Å². The van der Waals surface area contributed by atoms with Gasteiger partial charge in [-0.1, -0.05) is 20.8 Å². The van der Waals surface area contributed by atoms with Gasteiger partial charge >= 0.3 is 12.3 Å². The smallest absolute Gasteiger partial charge is 0.324 e. The first-order valence-corrected chi connectivity index (χ1v) is 6.94. The minimum Gasteiger partial charge on any atom is -0.340 e. The van der Waals surface area contributed by atoms with E-state index in [2.05, 4.69) is 5.32 Å². The maximum Gasteiger partial charge on any atom is 0.324 e. The molecule has 0 aromatic carbocycles. The van der Waals surface area contributed by atoms with E-state index in [0.717, 1.165) is 0 Å². The van der Waals surface area contributed by atoms with Crippen molar-refractivity contribution >= 4 is 11.8 Å². The highest BCUT2D eigenvalue weighted by Gasteiger charge is 2.53. The first-order valence-electron chi connectivity index (χ1n) is 6.94. The number of hydrogen-bond donors (Lipinski definition) is 1. The zero-order chi connectivity index (χ0) is 16.4. The molecule has 1 heterocycles. The molecule has 4 nitrogen and oxygen atoms in total.